The summed E-state index contributed by atoms with van der Waals surface area (Å²) in [6, 6.07) is 15.1. The van der Waals surface area contributed by atoms with Gasteiger partial charge in [0.1, 0.15) is 5.69 Å². The summed E-state index contributed by atoms with van der Waals surface area (Å²) in [4.78, 5) is 10.2. The van der Waals surface area contributed by atoms with Crippen LogP contribution in [0.25, 0.3) is 0 Å². The maximum absolute atomic E-state index is 10.7. The van der Waals surface area contributed by atoms with Gasteiger partial charge in [-0.25, -0.2) is 0 Å². The lowest BCUT2D eigenvalue weighted by atomic mass is 10.1. The van der Waals surface area contributed by atoms with Crippen molar-refractivity contribution in [1.82, 2.24) is 0 Å². The van der Waals surface area contributed by atoms with Gasteiger partial charge in [0.2, 0.25) is 0 Å². The van der Waals surface area contributed by atoms with E-state index >= 15 is 0 Å². The van der Waals surface area contributed by atoms with Gasteiger partial charge in [0, 0.05) is 18.3 Å². The van der Waals surface area contributed by atoms with E-state index in [0.717, 1.165) is 31.5 Å². The first-order chi connectivity index (χ1) is 10.2. The maximum atomic E-state index is 10.7. The zero-order chi connectivity index (χ0) is 15.1. The van der Waals surface area contributed by atoms with Crippen LogP contribution < -0.4 is 11.1 Å². The van der Waals surface area contributed by atoms with E-state index < -0.39 is 4.92 Å². The van der Waals surface area contributed by atoms with E-state index in [9.17, 15) is 10.1 Å². The van der Waals surface area contributed by atoms with Crippen LogP contribution in [0.3, 0.4) is 0 Å². The number of nitrogen functional groups attached to an aromatic ring is 1. The highest BCUT2D eigenvalue weighted by Crippen LogP contribution is 2.24. The fourth-order valence-corrected chi connectivity index (χ4v) is 2.16. The van der Waals surface area contributed by atoms with Crippen LogP contribution in [0.5, 0.6) is 0 Å². The van der Waals surface area contributed by atoms with Crippen molar-refractivity contribution in [3.8, 4) is 0 Å². The lowest BCUT2D eigenvalue weighted by Crippen LogP contribution is -2.03. The van der Waals surface area contributed by atoms with Gasteiger partial charge in [0.25, 0.3) is 5.69 Å². The van der Waals surface area contributed by atoms with Crippen LogP contribution in [-0.2, 0) is 6.42 Å². The van der Waals surface area contributed by atoms with Gasteiger partial charge >= 0.3 is 0 Å². The standard InChI is InChI=1S/C16H19N3O2/c17-15-12-14(9-10-16(15)19(20)21)18-11-5-4-8-13-6-2-1-3-7-13/h1-3,6-7,9-10,12,18H,4-5,8,11,17H2. The summed E-state index contributed by atoms with van der Waals surface area (Å²) in [6.45, 7) is 0.823. The molecule has 0 aliphatic heterocycles. The number of nitrogens with one attached hydrogen (secondary N) is 1. The Hall–Kier alpha value is -2.56. The predicted molar refractivity (Wildman–Crippen MR) is 85.4 cm³/mol. The summed E-state index contributed by atoms with van der Waals surface area (Å²) in [5, 5.41) is 13.9. The topological polar surface area (TPSA) is 81.2 Å². The Morgan fingerprint density at radius 1 is 1.10 bits per heavy atom. The molecule has 0 aromatic heterocycles. The Morgan fingerprint density at radius 3 is 2.52 bits per heavy atom. The number of aryl methyl sites for hydroxylation is 1. The van der Waals surface area contributed by atoms with E-state index in [4.69, 9.17) is 5.73 Å². The molecule has 0 spiro atoms. The third-order valence-electron chi connectivity index (χ3n) is 3.29. The van der Waals surface area contributed by atoms with Gasteiger partial charge in [-0.05, 0) is 37.0 Å². The van der Waals surface area contributed by atoms with Crippen molar-refractivity contribution in [1.29, 1.82) is 0 Å². The molecule has 0 amide bonds. The summed E-state index contributed by atoms with van der Waals surface area (Å²) in [6.07, 6.45) is 3.19. The maximum Gasteiger partial charge on any atom is 0.292 e. The summed E-state index contributed by atoms with van der Waals surface area (Å²) < 4.78 is 0. The fraction of sp³-hybridized carbons (Fsp3) is 0.250. The highest BCUT2D eigenvalue weighted by Gasteiger charge is 2.10. The molecule has 0 atom stereocenters. The number of anilines is 2. The largest absolute Gasteiger partial charge is 0.393 e. The molecule has 0 heterocycles. The second kappa shape index (κ2) is 7.28. The van der Waals surface area contributed by atoms with Gasteiger partial charge in [0.05, 0.1) is 4.92 Å². The minimum absolute atomic E-state index is 0.0513. The molecule has 0 saturated heterocycles. The average Bonchev–Trinajstić information content (AvgIpc) is 2.47. The number of hydrogen-bond acceptors (Lipinski definition) is 4. The second-order valence-electron chi connectivity index (χ2n) is 4.90. The van der Waals surface area contributed by atoms with E-state index in [1.807, 2.05) is 18.2 Å². The first-order valence-electron chi connectivity index (χ1n) is 6.98. The molecule has 2 aromatic carbocycles. The van der Waals surface area contributed by atoms with E-state index in [1.54, 1.807) is 12.1 Å². The number of unbranched alkanes of at least 4 members (excludes halogenated alkanes) is 1. The van der Waals surface area contributed by atoms with E-state index in [1.165, 1.54) is 11.6 Å². The molecule has 2 rings (SSSR count). The van der Waals surface area contributed by atoms with Gasteiger partial charge in [-0.15, -0.1) is 0 Å². The molecule has 0 fully saturated rings. The molecule has 0 unspecified atom stereocenters. The molecular formula is C16H19N3O2. The van der Waals surface area contributed by atoms with E-state index in [2.05, 4.69) is 17.4 Å². The third kappa shape index (κ3) is 4.49. The molecule has 21 heavy (non-hydrogen) atoms. The van der Waals surface area contributed by atoms with Crippen molar-refractivity contribution < 1.29 is 4.92 Å². The Labute approximate surface area is 123 Å². The van der Waals surface area contributed by atoms with Gasteiger partial charge < -0.3 is 11.1 Å². The smallest absolute Gasteiger partial charge is 0.292 e. The van der Waals surface area contributed by atoms with Gasteiger partial charge in [-0.2, -0.15) is 0 Å². The Morgan fingerprint density at radius 2 is 1.86 bits per heavy atom. The van der Waals surface area contributed by atoms with Crippen molar-refractivity contribution in [2.75, 3.05) is 17.6 Å². The summed E-state index contributed by atoms with van der Waals surface area (Å²) >= 11 is 0. The number of rotatable bonds is 7. The minimum Gasteiger partial charge on any atom is -0.393 e. The van der Waals surface area contributed by atoms with Crippen LogP contribution in [0.2, 0.25) is 0 Å². The molecule has 3 N–H and O–H groups in total. The SMILES string of the molecule is Nc1cc(NCCCCc2ccccc2)ccc1[N+](=O)[O-]. The Balaban J connectivity index is 1.74. The zero-order valence-corrected chi connectivity index (χ0v) is 11.8. The monoisotopic (exact) mass is 285 g/mol. The molecule has 0 saturated carbocycles. The van der Waals surface area contributed by atoms with Gasteiger partial charge in [-0.1, -0.05) is 30.3 Å². The number of nitro benzene ring substituents is 1. The van der Waals surface area contributed by atoms with Crippen molar-refractivity contribution >= 4 is 17.1 Å². The molecule has 5 nitrogen and oxygen atoms in total. The van der Waals surface area contributed by atoms with Crippen molar-refractivity contribution in [3.63, 3.8) is 0 Å². The lowest BCUT2D eigenvalue weighted by Gasteiger charge is -2.07. The van der Waals surface area contributed by atoms with E-state index in [0.29, 0.717) is 0 Å². The van der Waals surface area contributed by atoms with Crippen LogP contribution in [0.1, 0.15) is 18.4 Å². The molecular weight excluding hydrogens is 266 g/mol. The zero-order valence-electron chi connectivity index (χ0n) is 11.8. The number of nitrogens with two attached hydrogens (primary N) is 1. The van der Waals surface area contributed by atoms with Crippen molar-refractivity contribution in [3.05, 3.63) is 64.2 Å². The highest BCUT2D eigenvalue weighted by atomic mass is 16.6. The summed E-state index contributed by atoms with van der Waals surface area (Å²) in [5.41, 5.74) is 7.95. The predicted octanol–water partition coefficient (Wildman–Crippen LogP) is 3.61. The number of nitrogens with zero attached hydrogens (tertiary/aromatic N) is 1. The molecule has 0 aliphatic carbocycles. The first-order valence-corrected chi connectivity index (χ1v) is 6.98. The molecule has 0 radical (unpaired) electrons. The van der Waals surface area contributed by atoms with Gasteiger partial charge in [0.15, 0.2) is 0 Å². The normalized spacial score (nSPS) is 10.3. The van der Waals surface area contributed by atoms with Crippen molar-refractivity contribution in [2.24, 2.45) is 0 Å². The first kappa shape index (κ1) is 14.8. The van der Waals surface area contributed by atoms with Crippen molar-refractivity contribution in [2.45, 2.75) is 19.3 Å². The number of nitro groups is 1. The lowest BCUT2D eigenvalue weighted by molar-refractivity contribution is -0.383. The van der Waals surface area contributed by atoms with Crippen LogP contribution in [-0.4, -0.2) is 11.5 Å². The molecule has 110 valence electrons. The molecule has 2 aromatic rings. The minimum atomic E-state index is -0.473. The van der Waals surface area contributed by atoms with Crippen LogP contribution >= 0.6 is 0 Å². The Bertz CT molecular complexity index is 600. The molecule has 5 heteroatoms. The molecule has 0 bridgehead atoms. The van der Waals surface area contributed by atoms with Crippen LogP contribution in [0.15, 0.2) is 48.5 Å². The average molecular weight is 285 g/mol. The Kier molecular flexibility index (Phi) is 5.15. The summed E-state index contributed by atoms with van der Waals surface area (Å²) in [7, 11) is 0. The summed E-state index contributed by atoms with van der Waals surface area (Å²) in [5.74, 6) is 0. The number of benzene rings is 2. The van der Waals surface area contributed by atoms with E-state index in [-0.39, 0.29) is 11.4 Å². The van der Waals surface area contributed by atoms with Crippen LogP contribution in [0, 0.1) is 10.1 Å². The molecule has 0 aliphatic rings. The van der Waals surface area contributed by atoms with Gasteiger partial charge in [-0.3, -0.25) is 10.1 Å². The quantitative estimate of drug-likeness (QED) is 0.352. The van der Waals surface area contributed by atoms with Crippen LogP contribution in [0.4, 0.5) is 17.1 Å². The second-order valence-corrected chi connectivity index (χ2v) is 4.90. The fourth-order valence-electron chi connectivity index (χ4n) is 2.16. The number of hydrogen-bond donors (Lipinski definition) is 2. The highest BCUT2D eigenvalue weighted by molar-refractivity contribution is 5.65. The third-order valence-corrected chi connectivity index (χ3v) is 3.29.